The first kappa shape index (κ1) is 15.2. The Labute approximate surface area is 121 Å². The van der Waals surface area contributed by atoms with Crippen molar-refractivity contribution in [1.29, 1.82) is 0 Å². The molecule has 0 aromatic rings. The molecule has 0 unspecified atom stereocenters. The molecule has 0 bridgehead atoms. The Hall–Kier alpha value is -1.16. The molecular weight excluding hydrogens is 252 g/mol. The third-order valence-electron chi connectivity index (χ3n) is 4.27. The first-order valence-corrected chi connectivity index (χ1v) is 7.67. The zero-order valence-electron chi connectivity index (χ0n) is 13.1. The fourth-order valence-electron chi connectivity index (χ4n) is 3.16. The summed E-state index contributed by atoms with van der Waals surface area (Å²) in [5, 5.41) is 0. The molecule has 1 saturated heterocycles. The number of hydrogen-bond acceptors (Lipinski definition) is 3. The number of amides is 1. The van der Waals surface area contributed by atoms with Crippen LogP contribution in [0.15, 0.2) is 16.1 Å². The van der Waals surface area contributed by atoms with Gasteiger partial charge in [0.2, 0.25) is 0 Å². The highest BCUT2D eigenvalue weighted by atomic mass is 16.5. The number of allylic oxidation sites excluding steroid dienone is 1. The van der Waals surface area contributed by atoms with Gasteiger partial charge in [-0.25, -0.2) is 0 Å². The van der Waals surface area contributed by atoms with E-state index in [0.29, 0.717) is 18.8 Å². The summed E-state index contributed by atoms with van der Waals surface area (Å²) in [6.07, 6.45) is 4.42. The lowest BCUT2D eigenvalue weighted by molar-refractivity contribution is -0.137. The summed E-state index contributed by atoms with van der Waals surface area (Å²) in [5.41, 5.74) is 3.17. The van der Waals surface area contributed by atoms with Crippen LogP contribution in [0.4, 0.5) is 0 Å². The Balaban J connectivity index is 2.15. The van der Waals surface area contributed by atoms with Crippen molar-refractivity contribution in [3.63, 3.8) is 0 Å². The third-order valence-corrected chi connectivity index (χ3v) is 4.27. The highest BCUT2D eigenvalue weighted by Crippen LogP contribution is 2.27. The average Bonchev–Trinajstić information content (AvgIpc) is 2.85. The highest BCUT2D eigenvalue weighted by molar-refractivity contribution is 6.45. The van der Waals surface area contributed by atoms with Gasteiger partial charge in [-0.3, -0.25) is 9.79 Å². The Kier molecular flexibility index (Phi) is 4.97. The number of rotatable bonds is 3. The lowest BCUT2D eigenvalue weighted by atomic mass is 10.0. The van der Waals surface area contributed by atoms with Crippen LogP contribution in [-0.2, 0) is 9.53 Å². The largest absolute Gasteiger partial charge is 0.372 e. The van der Waals surface area contributed by atoms with Gasteiger partial charge >= 0.3 is 0 Å². The van der Waals surface area contributed by atoms with E-state index in [4.69, 9.17) is 4.74 Å². The van der Waals surface area contributed by atoms with Crippen LogP contribution in [0.5, 0.6) is 0 Å². The number of carbonyl (C=O) groups is 1. The molecule has 0 aromatic carbocycles. The molecule has 1 fully saturated rings. The minimum Gasteiger partial charge on any atom is -0.372 e. The number of carbonyl (C=O) groups excluding carboxylic acids is 1. The van der Waals surface area contributed by atoms with Crippen molar-refractivity contribution in [2.24, 2.45) is 4.99 Å². The SMILES string of the molecule is CC[C@H]1CN(C(=O)C(=NC)C2=C(C)CCC2)C[C@@H](C)O1. The summed E-state index contributed by atoms with van der Waals surface area (Å²) >= 11 is 0. The molecule has 0 radical (unpaired) electrons. The van der Waals surface area contributed by atoms with Gasteiger partial charge in [0.15, 0.2) is 0 Å². The van der Waals surface area contributed by atoms with Gasteiger partial charge in [0.1, 0.15) is 5.71 Å². The maximum Gasteiger partial charge on any atom is 0.272 e. The van der Waals surface area contributed by atoms with E-state index in [1.807, 2.05) is 11.8 Å². The lowest BCUT2D eigenvalue weighted by Crippen LogP contribution is -2.51. The van der Waals surface area contributed by atoms with E-state index in [1.54, 1.807) is 7.05 Å². The maximum atomic E-state index is 12.8. The molecule has 112 valence electrons. The minimum atomic E-state index is 0.0809. The summed E-state index contributed by atoms with van der Waals surface area (Å²) in [5.74, 6) is 0.0809. The predicted molar refractivity (Wildman–Crippen MR) is 81.1 cm³/mol. The molecule has 2 aliphatic rings. The quantitative estimate of drug-likeness (QED) is 0.745. The topological polar surface area (TPSA) is 41.9 Å². The Morgan fingerprint density at radius 3 is 2.70 bits per heavy atom. The molecule has 4 heteroatoms. The molecule has 1 amide bonds. The molecule has 1 heterocycles. The number of aliphatic imine (C=N–C) groups is 1. The molecular formula is C16H26N2O2. The molecule has 0 saturated carbocycles. The Morgan fingerprint density at radius 1 is 1.40 bits per heavy atom. The second-order valence-corrected chi connectivity index (χ2v) is 5.87. The van der Waals surface area contributed by atoms with E-state index in [2.05, 4.69) is 18.8 Å². The zero-order valence-corrected chi connectivity index (χ0v) is 13.1. The van der Waals surface area contributed by atoms with Gasteiger partial charge in [-0.2, -0.15) is 0 Å². The fraction of sp³-hybridized carbons (Fsp3) is 0.750. The lowest BCUT2D eigenvalue weighted by Gasteiger charge is -2.36. The molecule has 4 nitrogen and oxygen atoms in total. The van der Waals surface area contributed by atoms with Crippen LogP contribution in [0.1, 0.15) is 46.5 Å². The summed E-state index contributed by atoms with van der Waals surface area (Å²) in [7, 11) is 1.73. The summed E-state index contributed by atoms with van der Waals surface area (Å²) in [6, 6.07) is 0. The number of nitrogens with zero attached hydrogens (tertiary/aromatic N) is 2. The van der Waals surface area contributed by atoms with Crippen molar-refractivity contribution in [2.45, 2.75) is 58.7 Å². The summed E-state index contributed by atoms with van der Waals surface area (Å²) in [6.45, 7) is 7.61. The number of ether oxygens (including phenoxy) is 1. The summed E-state index contributed by atoms with van der Waals surface area (Å²) in [4.78, 5) is 19.0. The van der Waals surface area contributed by atoms with Crippen LogP contribution in [0.3, 0.4) is 0 Å². The molecule has 1 aliphatic heterocycles. The molecule has 2 atom stereocenters. The van der Waals surface area contributed by atoms with Crippen LogP contribution < -0.4 is 0 Å². The first-order valence-electron chi connectivity index (χ1n) is 7.67. The second-order valence-electron chi connectivity index (χ2n) is 5.87. The Morgan fingerprint density at radius 2 is 2.15 bits per heavy atom. The maximum absolute atomic E-state index is 12.8. The standard InChI is InChI=1S/C16H26N2O2/c1-5-13-10-18(9-12(3)20-13)16(19)15(17-4)14-8-6-7-11(14)2/h12-13H,5-10H2,1-4H3/t12-,13+/m1/s1. The van der Waals surface area contributed by atoms with E-state index >= 15 is 0 Å². The highest BCUT2D eigenvalue weighted by Gasteiger charge is 2.31. The van der Waals surface area contributed by atoms with E-state index in [1.165, 1.54) is 11.1 Å². The zero-order chi connectivity index (χ0) is 14.7. The Bertz CT molecular complexity index is 440. The number of morpholine rings is 1. The van der Waals surface area contributed by atoms with E-state index in [0.717, 1.165) is 25.7 Å². The van der Waals surface area contributed by atoms with Gasteiger partial charge in [0.25, 0.3) is 5.91 Å². The van der Waals surface area contributed by atoms with Crippen molar-refractivity contribution in [1.82, 2.24) is 4.90 Å². The van der Waals surface area contributed by atoms with Gasteiger partial charge in [-0.1, -0.05) is 12.5 Å². The normalized spacial score (nSPS) is 28.2. The van der Waals surface area contributed by atoms with Crippen LogP contribution in [0.25, 0.3) is 0 Å². The molecule has 1 aliphatic carbocycles. The monoisotopic (exact) mass is 278 g/mol. The smallest absolute Gasteiger partial charge is 0.272 e. The fourth-order valence-corrected chi connectivity index (χ4v) is 3.16. The number of hydrogen-bond donors (Lipinski definition) is 0. The first-order chi connectivity index (χ1) is 9.56. The molecule has 2 rings (SSSR count). The van der Waals surface area contributed by atoms with Gasteiger partial charge in [0, 0.05) is 20.1 Å². The third kappa shape index (κ3) is 3.11. The van der Waals surface area contributed by atoms with Crippen molar-refractivity contribution >= 4 is 11.6 Å². The van der Waals surface area contributed by atoms with Crippen LogP contribution >= 0.6 is 0 Å². The van der Waals surface area contributed by atoms with Gasteiger partial charge < -0.3 is 9.64 Å². The minimum absolute atomic E-state index is 0.0809. The van der Waals surface area contributed by atoms with Gasteiger partial charge in [-0.05, 0) is 45.1 Å². The molecule has 0 N–H and O–H groups in total. The van der Waals surface area contributed by atoms with Gasteiger partial charge in [0.05, 0.1) is 12.2 Å². The summed E-state index contributed by atoms with van der Waals surface area (Å²) < 4.78 is 5.83. The van der Waals surface area contributed by atoms with Gasteiger partial charge in [-0.15, -0.1) is 0 Å². The average molecular weight is 278 g/mol. The van der Waals surface area contributed by atoms with E-state index < -0.39 is 0 Å². The van der Waals surface area contributed by atoms with Crippen LogP contribution in [-0.4, -0.2) is 48.9 Å². The van der Waals surface area contributed by atoms with Crippen molar-refractivity contribution in [3.05, 3.63) is 11.1 Å². The van der Waals surface area contributed by atoms with Crippen molar-refractivity contribution in [2.75, 3.05) is 20.1 Å². The van der Waals surface area contributed by atoms with Crippen molar-refractivity contribution in [3.8, 4) is 0 Å². The second kappa shape index (κ2) is 6.53. The molecule has 0 aromatic heterocycles. The predicted octanol–water partition coefficient (Wildman–Crippen LogP) is 2.58. The van der Waals surface area contributed by atoms with E-state index in [9.17, 15) is 4.79 Å². The van der Waals surface area contributed by atoms with Crippen LogP contribution in [0, 0.1) is 0 Å². The molecule has 20 heavy (non-hydrogen) atoms. The van der Waals surface area contributed by atoms with E-state index in [-0.39, 0.29) is 18.1 Å². The van der Waals surface area contributed by atoms with Crippen LogP contribution in [0.2, 0.25) is 0 Å². The van der Waals surface area contributed by atoms with Crippen molar-refractivity contribution < 1.29 is 9.53 Å². The molecule has 0 spiro atoms.